The van der Waals surface area contributed by atoms with Crippen molar-refractivity contribution in [3.8, 4) is 0 Å². The molecule has 1 saturated carbocycles. The second-order valence-corrected chi connectivity index (χ2v) is 10.6. The fourth-order valence-corrected chi connectivity index (χ4v) is 5.34. The van der Waals surface area contributed by atoms with E-state index in [2.05, 4.69) is 5.32 Å². The molecule has 0 saturated heterocycles. The van der Waals surface area contributed by atoms with Gasteiger partial charge >= 0.3 is 0 Å². The van der Waals surface area contributed by atoms with Gasteiger partial charge in [-0.05, 0) is 55.2 Å². The molecule has 2 amide bonds. The summed E-state index contributed by atoms with van der Waals surface area (Å²) in [5, 5.41) is 4.76. The maximum absolute atomic E-state index is 13.2. The van der Waals surface area contributed by atoms with Crippen molar-refractivity contribution in [1.82, 2.24) is 10.2 Å². The van der Waals surface area contributed by atoms with Crippen molar-refractivity contribution in [2.24, 2.45) is 0 Å². The molecule has 33 heavy (non-hydrogen) atoms. The molecule has 3 rings (SSSR count). The molecule has 1 aliphatic rings. The third kappa shape index (κ3) is 8.10. The summed E-state index contributed by atoms with van der Waals surface area (Å²) >= 11 is 19.7. The maximum atomic E-state index is 13.2. The molecule has 0 spiro atoms. The number of halogens is 3. The van der Waals surface area contributed by atoms with E-state index in [1.807, 2.05) is 30.3 Å². The summed E-state index contributed by atoms with van der Waals surface area (Å²) in [4.78, 5) is 27.9. The van der Waals surface area contributed by atoms with E-state index in [4.69, 9.17) is 34.8 Å². The van der Waals surface area contributed by atoms with E-state index in [1.54, 1.807) is 24.0 Å². The standard InChI is InChI=1S/C25H29Cl3N2O2S/c1-17(25(32)29-21-8-3-2-4-9-21)30(14-18-6-5-7-20(26)12-18)24(31)16-33-15-19-10-11-22(27)23(28)13-19/h5-7,10-13,17,21H,2-4,8-9,14-16H2,1H3,(H,29,32)/t17-/m0/s1. The number of carbonyl (C=O) groups is 2. The van der Waals surface area contributed by atoms with Crippen molar-refractivity contribution in [1.29, 1.82) is 0 Å². The first-order valence-corrected chi connectivity index (χ1v) is 13.5. The summed E-state index contributed by atoms with van der Waals surface area (Å²) in [7, 11) is 0. The summed E-state index contributed by atoms with van der Waals surface area (Å²) in [6.07, 6.45) is 5.49. The SMILES string of the molecule is C[C@@H](C(=O)NC1CCCCC1)N(Cc1cccc(Cl)c1)C(=O)CSCc1ccc(Cl)c(Cl)c1. The van der Waals surface area contributed by atoms with Gasteiger partial charge in [0.1, 0.15) is 6.04 Å². The Morgan fingerprint density at radius 1 is 1.03 bits per heavy atom. The zero-order valence-electron chi connectivity index (χ0n) is 18.7. The van der Waals surface area contributed by atoms with Gasteiger partial charge in [-0.25, -0.2) is 0 Å². The highest BCUT2D eigenvalue weighted by molar-refractivity contribution is 7.99. The lowest BCUT2D eigenvalue weighted by atomic mass is 9.95. The molecule has 0 bridgehead atoms. The Morgan fingerprint density at radius 2 is 1.79 bits per heavy atom. The molecule has 0 heterocycles. The second kappa shape index (κ2) is 12.9. The predicted molar refractivity (Wildman–Crippen MR) is 139 cm³/mol. The van der Waals surface area contributed by atoms with E-state index in [1.165, 1.54) is 18.2 Å². The Kier molecular flexibility index (Phi) is 10.2. The fraction of sp³-hybridized carbons (Fsp3) is 0.440. The molecular formula is C25H29Cl3N2O2S. The minimum absolute atomic E-state index is 0.0914. The molecule has 8 heteroatoms. The van der Waals surface area contributed by atoms with Crippen molar-refractivity contribution >= 4 is 58.4 Å². The zero-order chi connectivity index (χ0) is 23.8. The molecule has 1 fully saturated rings. The van der Waals surface area contributed by atoms with E-state index in [0.717, 1.165) is 36.8 Å². The summed E-state index contributed by atoms with van der Waals surface area (Å²) in [6.45, 7) is 2.12. The normalized spacial score (nSPS) is 15.2. The van der Waals surface area contributed by atoms with Crippen molar-refractivity contribution in [3.63, 3.8) is 0 Å². The topological polar surface area (TPSA) is 49.4 Å². The van der Waals surface area contributed by atoms with E-state index in [9.17, 15) is 9.59 Å². The van der Waals surface area contributed by atoms with Crippen LogP contribution in [-0.4, -0.2) is 34.6 Å². The van der Waals surface area contributed by atoms with Gasteiger partial charge < -0.3 is 10.2 Å². The molecule has 0 aliphatic heterocycles. The largest absolute Gasteiger partial charge is 0.352 e. The number of benzene rings is 2. The van der Waals surface area contributed by atoms with Gasteiger partial charge in [0, 0.05) is 23.4 Å². The summed E-state index contributed by atoms with van der Waals surface area (Å²) < 4.78 is 0. The van der Waals surface area contributed by atoms with Crippen molar-refractivity contribution in [2.75, 3.05) is 5.75 Å². The summed E-state index contributed by atoms with van der Waals surface area (Å²) in [5.74, 6) is 0.677. The van der Waals surface area contributed by atoms with Gasteiger partial charge in [0.15, 0.2) is 0 Å². The van der Waals surface area contributed by atoms with Crippen LogP contribution in [0, 0.1) is 0 Å². The number of nitrogens with zero attached hydrogens (tertiary/aromatic N) is 1. The molecule has 2 aromatic rings. The number of nitrogens with one attached hydrogen (secondary N) is 1. The summed E-state index contributed by atoms with van der Waals surface area (Å²) in [6, 6.07) is 12.5. The second-order valence-electron chi connectivity index (χ2n) is 8.41. The van der Waals surface area contributed by atoms with Gasteiger partial charge in [0.05, 0.1) is 15.8 Å². The minimum Gasteiger partial charge on any atom is -0.352 e. The van der Waals surface area contributed by atoms with Crippen molar-refractivity contribution in [3.05, 3.63) is 68.7 Å². The van der Waals surface area contributed by atoms with Gasteiger partial charge in [0.2, 0.25) is 11.8 Å². The van der Waals surface area contributed by atoms with Crippen LogP contribution in [0.1, 0.15) is 50.2 Å². The van der Waals surface area contributed by atoms with Gasteiger partial charge in [-0.3, -0.25) is 9.59 Å². The Bertz CT molecular complexity index is 966. The molecule has 2 aromatic carbocycles. The quantitative estimate of drug-likeness (QED) is 0.392. The van der Waals surface area contributed by atoms with Crippen molar-refractivity contribution < 1.29 is 9.59 Å². The fourth-order valence-electron chi connectivity index (χ4n) is 3.95. The first kappa shape index (κ1) is 26.2. The zero-order valence-corrected chi connectivity index (χ0v) is 21.7. The van der Waals surface area contributed by atoms with Crippen LogP contribution in [0.2, 0.25) is 15.1 Å². The predicted octanol–water partition coefficient (Wildman–Crippen LogP) is 6.75. The molecule has 1 atom stereocenters. The van der Waals surface area contributed by atoms with Crippen LogP contribution in [0.5, 0.6) is 0 Å². The number of rotatable bonds is 9. The lowest BCUT2D eigenvalue weighted by molar-refractivity contribution is -0.139. The van der Waals surface area contributed by atoms with Gasteiger partial charge in [0.25, 0.3) is 0 Å². The number of thioether (sulfide) groups is 1. The highest BCUT2D eigenvalue weighted by Crippen LogP contribution is 2.25. The van der Waals surface area contributed by atoms with E-state index < -0.39 is 6.04 Å². The number of hydrogen-bond donors (Lipinski definition) is 1. The number of amides is 2. The van der Waals surface area contributed by atoms with Crippen LogP contribution >= 0.6 is 46.6 Å². The molecule has 0 aromatic heterocycles. The molecule has 0 radical (unpaired) electrons. The van der Waals surface area contributed by atoms with E-state index in [0.29, 0.717) is 27.4 Å². The molecule has 1 N–H and O–H groups in total. The summed E-state index contributed by atoms with van der Waals surface area (Å²) in [5.41, 5.74) is 1.88. The van der Waals surface area contributed by atoms with E-state index in [-0.39, 0.29) is 23.6 Å². The lowest BCUT2D eigenvalue weighted by Gasteiger charge is -2.31. The van der Waals surface area contributed by atoms with Crippen LogP contribution in [0.25, 0.3) is 0 Å². The maximum Gasteiger partial charge on any atom is 0.242 e. The molecule has 1 aliphatic carbocycles. The van der Waals surface area contributed by atoms with Crippen molar-refractivity contribution in [2.45, 2.75) is 63.4 Å². The molecule has 4 nitrogen and oxygen atoms in total. The monoisotopic (exact) mass is 526 g/mol. The Morgan fingerprint density at radius 3 is 2.48 bits per heavy atom. The third-order valence-electron chi connectivity index (χ3n) is 5.84. The first-order chi connectivity index (χ1) is 15.8. The van der Waals surface area contributed by atoms with Crippen LogP contribution in [-0.2, 0) is 21.9 Å². The Hall–Kier alpha value is -1.40. The molecule has 178 valence electrons. The van der Waals surface area contributed by atoms with E-state index >= 15 is 0 Å². The highest BCUT2D eigenvalue weighted by atomic mass is 35.5. The average molecular weight is 528 g/mol. The first-order valence-electron chi connectivity index (χ1n) is 11.2. The smallest absolute Gasteiger partial charge is 0.242 e. The number of hydrogen-bond acceptors (Lipinski definition) is 3. The molecular weight excluding hydrogens is 499 g/mol. The average Bonchev–Trinajstić information content (AvgIpc) is 2.80. The van der Waals surface area contributed by atoms with Crippen LogP contribution in [0.15, 0.2) is 42.5 Å². The minimum atomic E-state index is -0.580. The van der Waals surface area contributed by atoms with Crippen LogP contribution in [0.4, 0.5) is 0 Å². The lowest BCUT2D eigenvalue weighted by Crippen LogP contribution is -2.50. The van der Waals surface area contributed by atoms with Gasteiger partial charge in [-0.15, -0.1) is 11.8 Å². The Balaban J connectivity index is 1.65. The number of carbonyl (C=O) groups excluding carboxylic acids is 2. The van der Waals surface area contributed by atoms with Gasteiger partial charge in [-0.2, -0.15) is 0 Å². The third-order valence-corrected chi connectivity index (χ3v) is 7.80. The Labute approximate surface area is 215 Å². The van der Waals surface area contributed by atoms with Crippen LogP contribution in [0.3, 0.4) is 0 Å². The highest BCUT2D eigenvalue weighted by Gasteiger charge is 2.28. The molecule has 0 unspecified atom stereocenters. The van der Waals surface area contributed by atoms with Gasteiger partial charge in [-0.1, -0.05) is 72.3 Å². The van der Waals surface area contributed by atoms with Crippen LogP contribution < -0.4 is 5.32 Å².